The van der Waals surface area contributed by atoms with Crippen molar-refractivity contribution in [3.63, 3.8) is 0 Å². The van der Waals surface area contributed by atoms with Gasteiger partial charge in [0.25, 0.3) is 0 Å². The second-order valence-corrected chi connectivity index (χ2v) is 7.62. The summed E-state index contributed by atoms with van der Waals surface area (Å²) in [4.78, 5) is 14.5. The maximum atomic E-state index is 12.6. The molecule has 0 N–H and O–H groups in total. The Bertz CT molecular complexity index is 1140. The Morgan fingerprint density at radius 3 is 2.39 bits per heavy atom. The lowest BCUT2D eigenvalue weighted by atomic mass is 9.98. The summed E-state index contributed by atoms with van der Waals surface area (Å²) in [6.45, 7) is 3.57. The summed E-state index contributed by atoms with van der Waals surface area (Å²) < 4.78 is 22.4. The smallest absolute Gasteiger partial charge is 0.246 e. The van der Waals surface area contributed by atoms with Crippen molar-refractivity contribution in [2.75, 3.05) is 34.4 Å². The molecule has 0 unspecified atom stereocenters. The molecule has 1 amide bonds. The molecule has 0 radical (unpaired) electrons. The predicted octanol–water partition coefficient (Wildman–Crippen LogP) is 5.15. The van der Waals surface area contributed by atoms with Crippen molar-refractivity contribution in [3.8, 4) is 28.4 Å². The van der Waals surface area contributed by atoms with Crippen molar-refractivity contribution in [1.29, 1.82) is 0 Å². The summed E-state index contributed by atoms with van der Waals surface area (Å²) in [5.41, 5.74) is 4.14. The molecule has 2 heterocycles. The lowest BCUT2D eigenvalue weighted by Gasteiger charge is -2.14. The number of nitrogens with zero attached hydrogens (tertiary/aromatic N) is 1. The molecule has 0 aliphatic carbocycles. The van der Waals surface area contributed by atoms with Gasteiger partial charge in [0.2, 0.25) is 5.91 Å². The van der Waals surface area contributed by atoms with Crippen LogP contribution in [-0.2, 0) is 4.79 Å². The third-order valence-electron chi connectivity index (χ3n) is 5.77. The topological polar surface area (TPSA) is 61.1 Å². The van der Waals surface area contributed by atoms with E-state index in [-0.39, 0.29) is 5.91 Å². The van der Waals surface area contributed by atoms with Gasteiger partial charge in [0.05, 0.1) is 27.6 Å². The standard InChI is InChI=1S/C25H27NO5/c1-16(11-25(27)26-9-5-6-10-26)18-13-20-21(15-31-24(20)14-23(18)30-4)19-12-17(28-2)7-8-22(19)29-3/h7-8,11-15H,5-6,9-10H2,1-4H3/b16-11+. The van der Waals surface area contributed by atoms with Gasteiger partial charge in [-0.1, -0.05) is 0 Å². The minimum atomic E-state index is 0.0408. The van der Waals surface area contributed by atoms with Crippen molar-refractivity contribution < 1.29 is 23.4 Å². The SMILES string of the molecule is COc1ccc(OC)c(-c2coc3cc(OC)c(/C(C)=C/C(=O)N4CCCC4)cc23)c1. The molecule has 162 valence electrons. The van der Waals surface area contributed by atoms with Crippen LogP contribution in [0.15, 0.2) is 47.1 Å². The van der Waals surface area contributed by atoms with Crippen molar-refractivity contribution in [2.24, 2.45) is 0 Å². The summed E-state index contributed by atoms with van der Waals surface area (Å²) in [6.07, 6.45) is 5.53. The number of rotatable bonds is 6. The van der Waals surface area contributed by atoms with Gasteiger partial charge in [0.1, 0.15) is 22.8 Å². The maximum absolute atomic E-state index is 12.6. The zero-order valence-corrected chi connectivity index (χ0v) is 18.4. The predicted molar refractivity (Wildman–Crippen MR) is 121 cm³/mol. The van der Waals surface area contributed by atoms with Crippen LogP contribution in [0.5, 0.6) is 17.2 Å². The van der Waals surface area contributed by atoms with Crippen LogP contribution in [0.4, 0.5) is 0 Å². The van der Waals surface area contributed by atoms with E-state index in [4.69, 9.17) is 18.6 Å². The average molecular weight is 421 g/mol. The molecule has 0 spiro atoms. The number of benzene rings is 2. The Morgan fingerprint density at radius 2 is 1.71 bits per heavy atom. The number of allylic oxidation sites excluding steroid dienone is 1. The number of carbonyl (C=O) groups is 1. The normalized spacial score (nSPS) is 14.2. The second-order valence-electron chi connectivity index (χ2n) is 7.62. The summed E-state index contributed by atoms with van der Waals surface area (Å²) in [5.74, 6) is 2.15. The molecule has 1 aliphatic heterocycles. The molecule has 1 saturated heterocycles. The monoisotopic (exact) mass is 421 g/mol. The summed E-state index contributed by atoms with van der Waals surface area (Å²) in [7, 11) is 4.89. The zero-order valence-electron chi connectivity index (χ0n) is 18.4. The van der Waals surface area contributed by atoms with E-state index in [1.54, 1.807) is 33.7 Å². The van der Waals surface area contributed by atoms with Crippen LogP contribution in [0, 0.1) is 0 Å². The minimum Gasteiger partial charge on any atom is -0.497 e. The number of methoxy groups -OCH3 is 3. The van der Waals surface area contributed by atoms with Crippen LogP contribution in [0.25, 0.3) is 27.7 Å². The molecule has 3 aromatic rings. The summed E-state index contributed by atoms with van der Waals surface area (Å²) >= 11 is 0. The van der Waals surface area contributed by atoms with E-state index in [0.717, 1.165) is 65.1 Å². The van der Waals surface area contributed by atoms with Gasteiger partial charge in [-0.2, -0.15) is 0 Å². The van der Waals surface area contributed by atoms with E-state index in [2.05, 4.69) is 0 Å². The molecule has 31 heavy (non-hydrogen) atoms. The molecule has 1 aromatic heterocycles. The van der Waals surface area contributed by atoms with Crippen LogP contribution in [0.2, 0.25) is 0 Å². The Balaban J connectivity index is 1.82. The zero-order chi connectivity index (χ0) is 22.0. The fourth-order valence-electron chi connectivity index (χ4n) is 4.06. The van der Waals surface area contributed by atoms with Gasteiger partial charge in [-0.05, 0) is 49.6 Å². The first-order valence-electron chi connectivity index (χ1n) is 10.3. The molecule has 0 bridgehead atoms. The van der Waals surface area contributed by atoms with Gasteiger partial charge in [-0.25, -0.2) is 0 Å². The van der Waals surface area contributed by atoms with E-state index in [9.17, 15) is 4.79 Å². The van der Waals surface area contributed by atoms with Crippen molar-refractivity contribution in [2.45, 2.75) is 19.8 Å². The highest BCUT2D eigenvalue weighted by atomic mass is 16.5. The van der Waals surface area contributed by atoms with E-state index >= 15 is 0 Å². The van der Waals surface area contributed by atoms with Crippen molar-refractivity contribution >= 4 is 22.4 Å². The lowest BCUT2D eigenvalue weighted by molar-refractivity contribution is -0.124. The van der Waals surface area contributed by atoms with E-state index in [0.29, 0.717) is 11.3 Å². The number of ether oxygens (including phenoxy) is 3. The minimum absolute atomic E-state index is 0.0408. The number of carbonyl (C=O) groups excluding carboxylic acids is 1. The highest BCUT2D eigenvalue weighted by Gasteiger charge is 2.20. The van der Waals surface area contributed by atoms with Gasteiger partial charge in [-0.15, -0.1) is 0 Å². The summed E-state index contributed by atoms with van der Waals surface area (Å²) in [5, 5.41) is 0.906. The molecule has 0 saturated carbocycles. The molecular weight excluding hydrogens is 394 g/mol. The number of fused-ring (bicyclic) bond motifs is 1. The third-order valence-corrected chi connectivity index (χ3v) is 5.77. The third kappa shape index (κ3) is 3.98. The lowest BCUT2D eigenvalue weighted by Crippen LogP contribution is -2.25. The van der Waals surface area contributed by atoms with Gasteiger partial charge in [-0.3, -0.25) is 4.79 Å². The van der Waals surface area contributed by atoms with Crippen LogP contribution < -0.4 is 14.2 Å². The van der Waals surface area contributed by atoms with Crippen molar-refractivity contribution in [1.82, 2.24) is 4.90 Å². The van der Waals surface area contributed by atoms with Crippen LogP contribution >= 0.6 is 0 Å². The van der Waals surface area contributed by atoms with Crippen LogP contribution in [0.3, 0.4) is 0 Å². The first-order chi connectivity index (χ1) is 15.0. The Labute approximate surface area is 182 Å². The summed E-state index contributed by atoms with van der Waals surface area (Å²) in [6, 6.07) is 9.52. The maximum Gasteiger partial charge on any atom is 0.246 e. The van der Waals surface area contributed by atoms with Crippen LogP contribution in [-0.4, -0.2) is 45.2 Å². The van der Waals surface area contributed by atoms with Crippen molar-refractivity contribution in [3.05, 3.63) is 48.2 Å². The van der Waals surface area contributed by atoms with Gasteiger partial charge >= 0.3 is 0 Å². The number of likely N-dealkylation sites (tertiary alicyclic amines) is 1. The van der Waals surface area contributed by atoms with E-state index in [1.807, 2.05) is 42.2 Å². The first-order valence-corrected chi connectivity index (χ1v) is 10.3. The Morgan fingerprint density at radius 1 is 0.968 bits per heavy atom. The largest absolute Gasteiger partial charge is 0.497 e. The average Bonchev–Trinajstić information content (AvgIpc) is 3.47. The molecule has 2 aromatic carbocycles. The Hall–Kier alpha value is -3.41. The fourth-order valence-corrected chi connectivity index (χ4v) is 4.06. The highest BCUT2D eigenvalue weighted by Crippen LogP contribution is 2.41. The highest BCUT2D eigenvalue weighted by molar-refractivity contribution is 6.01. The molecule has 4 rings (SSSR count). The molecule has 6 heteroatoms. The molecule has 1 fully saturated rings. The van der Waals surface area contributed by atoms with Crippen LogP contribution in [0.1, 0.15) is 25.3 Å². The number of hydrogen-bond acceptors (Lipinski definition) is 5. The van der Waals surface area contributed by atoms with E-state index < -0.39 is 0 Å². The first kappa shape index (κ1) is 20.8. The molecule has 1 aliphatic rings. The number of furan rings is 1. The molecular formula is C25H27NO5. The fraction of sp³-hybridized carbons (Fsp3) is 0.320. The second kappa shape index (κ2) is 8.76. The van der Waals surface area contributed by atoms with E-state index in [1.165, 1.54) is 0 Å². The van der Waals surface area contributed by atoms with Gasteiger partial charge < -0.3 is 23.5 Å². The number of amides is 1. The quantitative estimate of drug-likeness (QED) is 0.515. The van der Waals surface area contributed by atoms with Gasteiger partial charge in [0, 0.05) is 47.3 Å². The molecule has 6 nitrogen and oxygen atoms in total. The van der Waals surface area contributed by atoms with Gasteiger partial charge in [0.15, 0.2) is 0 Å². The molecule has 0 atom stereocenters. The Kier molecular flexibility index (Phi) is 5.89. The number of hydrogen-bond donors (Lipinski definition) is 0.